The largest absolute Gasteiger partial charge is 0.440 e. The summed E-state index contributed by atoms with van der Waals surface area (Å²) in [6.07, 6.45) is 1.66. The Bertz CT molecular complexity index is 1040. The number of hydrazone groups is 1. The van der Waals surface area contributed by atoms with E-state index in [4.69, 9.17) is 4.42 Å². The van der Waals surface area contributed by atoms with Crippen molar-refractivity contribution >= 4 is 17.6 Å². The second kappa shape index (κ2) is 9.11. The molecule has 3 heterocycles. The number of rotatable bonds is 7. The molecule has 0 amide bonds. The molecule has 1 spiro atoms. The van der Waals surface area contributed by atoms with Gasteiger partial charge in [-0.05, 0) is 80.5 Å². The van der Waals surface area contributed by atoms with Crippen LogP contribution in [0.4, 0.5) is 13.2 Å². The maximum absolute atomic E-state index is 12.9. The number of nitrogens with one attached hydrogen (secondary N) is 1. The van der Waals surface area contributed by atoms with Crippen molar-refractivity contribution in [3.63, 3.8) is 0 Å². The summed E-state index contributed by atoms with van der Waals surface area (Å²) in [5.41, 5.74) is 4.81. The number of alkyl halides is 3. The fourth-order valence-corrected chi connectivity index (χ4v) is 6.35. The van der Waals surface area contributed by atoms with Crippen LogP contribution in [0.15, 0.2) is 40.2 Å². The molecule has 1 N–H and O–H groups in total. The average Bonchev–Trinajstić information content (AvgIpc) is 3.10. The van der Waals surface area contributed by atoms with Crippen molar-refractivity contribution < 1.29 is 17.6 Å². The highest BCUT2D eigenvalue weighted by atomic mass is 32.2. The molecule has 0 bridgehead atoms. The second-order valence-electron chi connectivity index (χ2n) is 9.64. The van der Waals surface area contributed by atoms with E-state index in [2.05, 4.69) is 25.3 Å². The van der Waals surface area contributed by atoms with Gasteiger partial charge in [0.2, 0.25) is 0 Å². The van der Waals surface area contributed by atoms with Crippen LogP contribution in [0.3, 0.4) is 0 Å². The number of piperidine rings is 1. The molecule has 2 unspecified atom stereocenters. The smallest absolute Gasteiger partial charge is 0.416 e. The number of aromatic nitrogens is 1. The molecule has 3 atom stereocenters. The third-order valence-electron chi connectivity index (χ3n) is 7.33. The minimum atomic E-state index is -4.27. The second-order valence-corrected chi connectivity index (χ2v) is 10.8. The van der Waals surface area contributed by atoms with Gasteiger partial charge in [0.15, 0.2) is 23.5 Å². The number of likely N-dealkylation sites (tertiary alicyclic amines) is 1. The normalized spacial score (nSPS) is 27.2. The molecule has 1 saturated carbocycles. The molecule has 34 heavy (non-hydrogen) atoms. The van der Waals surface area contributed by atoms with Crippen LogP contribution in [-0.2, 0) is 6.18 Å². The molecule has 10 heteroatoms. The van der Waals surface area contributed by atoms with Crippen molar-refractivity contribution in [2.45, 2.75) is 50.2 Å². The van der Waals surface area contributed by atoms with Crippen LogP contribution in [0.2, 0.25) is 0 Å². The van der Waals surface area contributed by atoms with E-state index < -0.39 is 11.7 Å². The van der Waals surface area contributed by atoms with Gasteiger partial charge in [0, 0.05) is 13.6 Å². The van der Waals surface area contributed by atoms with Crippen molar-refractivity contribution in [2.75, 3.05) is 32.4 Å². The van der Waals surface area contributed by atoms with Crippen LogP contribution in [-0.4, -0.2) is 58.6 Å². The fraction of sp³-hybridized carbons (Fsp3) is 0.583. The molecule has 1 aromatic heterocycles. The van der Waals surface area contributed by atoms with Gasteiger partial charge in [0.05, 0.1) is 11.3 Å². The highest BCUT2D eigenvalue weighted by Gasteiger charge is 2.55. The number of aryl methyl sites for hydroxylation is 1. The van der Waals surface area contributed by atoms with E-state index in [0.29, 0.717) is 11.7 Å². The number of nitrogens with zero attached hydrogens (tertiary/aromatic N) is 4. The Balaban J connectivity index is 1.07. The first-order valence-corrected chi connectivity index (χ1v) is 12.8. The molecule has 3 aliphatic rings. The average molecular weight is 494 g/mol. The zero-order chi connectivity index (χ0) is 23.9. The van der Waals surface area contributed by atoms with Gasteiger partial charge in [-0.1, -0.05) is 12.1 Å². The highest BCUT2D eigenvalue weighted by molar-refractivity contribution is 7.99. The Hall–Kier alpha value is -2.20. The Labute approximate surface area is 202 Å². The lowest BCUT2D eigenvalue weighted by Gasteiger charge is -2.34. The van der Waals surface area contributed by atoms with Gasteiger partial charge >= 0.3 is 6.18 Å². The van der Waals surface area contributed by atoms with E-state index >= 15 is 0 Å². The van der Waals surface area contributed by atoms with Crippen molar-refractivity contribution in [3.05, 3.63) is 53.2 Å². The number of amidine groups is 1. The van der Waals surface area contributed by atoms with Gasteiger partial charge in [0.1, 0.15) is 0 Å². The van der Waals surface area contributed by atoms with Gasteiger partial charge in [-0.15, -0.1) is 11.8 Å². The third kappa shape index (κ3) is 4.66. The molecule has 5 rings (SSSR count). The zero-order valence-electron chi connectivity index (χ0n) is 19.4. The van der Waals surface area contributed by atoms with Crippen LogP contribution in [0.1, 0.15) is 54.2 Å². The van der Waals surface area contributed by atoms with Crippen LogP contribution < -0.4 is 5.43 Å². The van der Waals surface area contributed by atoms with E-state index in [-0.39, 0.29) is 10.9 Å². The summed E-state index contributed by atoms with van der Waals surface area (Å²) in [7, 11) is 2.00. The van der Waals surface area contributed by atoms with Gasteiger partial charge in [-0.2, -0.15) is 18.3 Å². The minimum absolute atomic E-state index is 0.0691. The molecule has 1 saturated heterocycles. The lowest BCUT2D eigenvalue weighted by Crippen LogP contribution is -2.38. The molecule has 184 valence electrons. The van der Waals surface area contributed by atoms with Crippen molar-refractivity contribution in [3.8, 4) is 0 Å². The first-order valence-electron chi connectivity index (χ1n) is 11.7. The van der Waals surface area contributed by atoms with E-state index in [1.54, 1.807) is 12.1 Å². The summed E-state index contributed by atoms with van der Waals surface area (Å²) >= 11 is 1.82. The van der Waals surface area contributed by atoms with Crippen LogP contribution in [0.25, 0.3) is 0 Å². The van der Waals surface area contributed by atoms with Crippen LogP contribution in [0, 0.1) is 12.3 Å². The quantitative estimate of drug-likeness (QED) is 0.555. The molecule has 6 nitrogen and oxygen atoms in total. The van der Waals surface area contributed by atoms with E-state index in [1.165, 1.54) is 24.9 Å². The first kappa shape index (κ1) is 23.5. The third-order valence-corrected chi connectivity index (χ3v) is 8.59. The monoisotopic (exact) mass is 493 g/mol. The predicted octanol–water partition coefficient (Wildman–Crippen LogP) is 4.88. The summed E-state index contributed by atoms with van der Waals surface area (Å²) in [4.78, 5) is 8.76. The standard InChI is InChI=1S/C24H30F3N5OS/c1-16-20(33-15-28-16)21-29-30-22(31(21)2)34-12-4-11-32-10-3-9-23(14-32)13-19(23)17-5-7-18(8-6-17)24(25,26)27/h5-8,15,19,22,30H,3-4,9-14H2,1-2H3/t19?,22?,23-/m1/s1. The number of hydrogen-bond acceptors (Lipinski definition) is 7. The predicted molar refractivity (Wildman–Crippen MR) is 126 cm³/mol. The number of halogens is 3. The van der Waals surface area contributed by atoms with E-state index in [0.717, 1.165) is 61.7 Å². The number of hydrogen-bond donors (Lipinski definition) is 1. The summed E-state index contributed by atoms with van der Waals surface area (Å²) in [6, 6.07) is 5.82. The number of benzene rings is 1. The van der Waals surface area contributed by atoms with E-state index in [9.17, 15) is 13.2 Å². The summed E-state index contributed by atoms with van der Waals surface area (Å²) < 4.78 is 44.1. The number of thioether (sulfide) groups is 1. The summed E-state index contributed by atoms with van der Waals surface area (Å²) in [5.74, 6) is 2.86. The van der Waals surface area contributed by atoms with E-state index in [1.807, 2.05) is 25.7 Å². The molecule has 2 aliphatic heterocycles. The topological polar surface area (TPSA) is 56.9 Å². The molecular formula is C24H30F3N5OS. The molecule has 1 aliphatic carbocycles. The maximum Gasteiger partial charge on any atom is 0.416 e. The Morgan fingerprint density at radius 2 is 2.06 bits per heavy atom. The highest BCUT2D eigenvalue weighted by Crippen LogP contribution is 2.63. The molecule has 2 aromatic rings. The fourth-order valence-electron chi connectivity index (χ4n) is 5.38. The number of oxazole rings is 1. The maximum atomic E-state index is 12.9. The van der Waals surface area contributed by atoms with Crippen molar-refractivity contribution in [2.24, 2.45) is 10.5 Å². The van der Waals surface area contributed by atoms with Gasteiger partial charge in [-0.25, -0.2) is 4.98 Å². The Kier molecular flexibility index (Phi) is 6.31. The van der Waals surface area contributed by atoms with Gasteiger partial charge in [-0.3, -0.25) is 5.43 Å². The molecule has 0 radical (unpaired) electrons. The summed E-state index contributed by atoms with van der Waals surface area (Å²) in [6.45, 7) is 5.09. The molecule has 1 aromatic carbocycles. The van der Waals surface area contributed by atoms with Crippen LogP contribution in [0.5, 0.6) is 0 Å². The molecular weight excluding hydrogens is 463 g/mol. The van der Waals surface area contributed by atoms with Gasteiger partial charge < -0.3 is 14.2 Å². The Morgan fingerprint density at radius 1 is 1.26 bits per heavy atom. The summed E-state index contributed by atoms with van der Waals surface area (Å²) in [5, 5.41) is 4.42. The lowest BCUT2D eigenvalue weighted by molar-refractivity contribution is -0.137. The Morgan fingerprint density at radius 3 is 2.76 bits per heavy atom. The first-order chi connectivity index (χ1) is 16.3. The van der Waals surface area contributed by atoms with Gasteiger partial charge in [0.25, 0.3) is 0 Å². The molecule has 2 fully saturated rings. The van der Waals surface area contributed by atoms with Crippen molar-refractivity contribution in [1.29, 1.82) is 0 Å². The van der Waals surface area contributed by atoms with Crippen molar-refractivity contribution in [1.82, 2.24) is 20.2 Å². The SMILES string of the molecule is Cc1ncoc1C1=NNC(SCCCN2CCC[C@@]3(CC3c3ccc(C(F)(F)F)cc3)C2)N1C. The lowest BCUT2D eigenvalue weighted by atomic mass is 9.89. The minimum Gasteiger partial charge on any atom is -0.440 e. The zero-order valence-corrected chi connectivity index (χ0v) is 20.3. The van der Waals surface area contributed by atoms with Crippen LogP contribution >= 0.6 is 11.8 Å².